The van der Waals surface area contributed by atoms with E-state index in [2.05, 4.69) is 16.2 Å². The number of carbonyl (C=O) groups excluding carboxylic acids is 1. The summed E-state index contributed by atoms with van der Waals surface area (Å²) in [6.45, 7) is 7.25. The Labute approximate surface area is 188 Å². The van der Waals surface area contributed by atoms with Crippen LogP contribution in [0.2, 0.25) is 0 Å². The van der Waals surface area contributed by atoms with Crippen molar-refractivity contribution in [2.24, 2.45) is 0 Å². The summed E-state index contributed by atoms with van der Waals surface area (Å²) in [5.41, 5.74) is 7.87. The van der Waals surface area contributed by atoms with Gasteiger partial charge in [0, 0.05) is 45.9 Å². The third-order valence-corrected chi connectivity index (χ3v) is 5.94. The number of non-ortho nitro benzene ring substituents is 1. The van der Waals surface area contributed by atoms with E-state index in [1.165, 1.54) is 41.7 Å². The lowest BCUT2D eigenvalue weighted by Crippen LogP contribution is -2.09. The Morgan fingerprint density at radius 2 is 1.97 bits per heavy atom. The number of thioether (sulfide) groups is 2. The molecule has 3 N–H and O–H groups in total. The van der Waals surface area contributed by atoms with Crippen LogP contribution >= 0.6 is 23.5 Å². The lowest BCUT2D eigenvalue weighted by molar-refractivity contribution is -0.384. The molecular weight excluding hydrogens is 434 g/mol. The molecule has 0 aliphatic carbocycles. The number of carbonyl (C=O) groups is 1. The maximum Gasteiger partial charge on any atom is 0.269 e. The van der Waals surface area contributed by atoms with Crippen LogP contribution in [0.15, 0.2) is 52.3 Å². The summed E-state index contributed by atoms with van der Waals surface area (Å²) in [6, 6.07) is 11.5. The average molecular weight is 454 g/mol. The molecule has 0 aromatic heterocycles. The summed E-state index contributed by atoms with van der Waals surface area (Å²) in [6.07, 6.45) is 3.26. The van der Waals surface area contributed by atoms with Gasteiger partial charge in [0.25, 0.3) is 5.69 Å². The Morgan fingerprint density at radius 1 is 1.26 bits per heavy atom. The van der Waals surface area contributed by atoms with E-state index < -0.39 is 4.92 Å². The van der Waals surface area contributed by atoms with Gasteiger partial charge in [-0.3, -0.25) is 14.9 Å². The molecular formula is C21H19N5O3S2. The summed E-state index contributed by atoms with van der Waals surface area (Å²) in [7, 11) is 0. The van der Waals surface area contributed by atoms with Crippen molar-refractivity contribution < 1.29 is 9.72 Å². The van der Waals surface area contributed by atoms with E-state index >= 15 is 0 Å². The van der Waals surface area contributed by atoms with Crippen molar-refractivity contribution in [2.75, 3.05) is 29.1 Å². The molecule has 2 aromatic carbocycles. The van der Waals surface area contributed by atoms with Crippen LogP contribution in [-0.4, -0.2) is 28.9 Å². The fourth-order valence-corrected chi connectivity index (χ4v) is 4.10. The van der Waals surface area contributed by atoms with Crippen LogP contribution in [0.1, 0.15) is 12.0 Å². The molecule has 1 amide bonds. The highest BCUT2D eigenvalue weighted by atomic mass is 32.2. The number of benzene rings is 2. The van der Waals surface area contributed by atoms with E-state index in [-0.39, 0.29) is 11.6 Å². The molecule has 0 saturated heterocycles. The van der Waals surface area contributed by atoms with Gasteiger partial charge in [-0.15, -0.1) is 23.5 Å². The first-order chi connectivity index (χ1) is 14.9. The van der Waals surface area contributed by atoms with E-state index in [9.17, 15) is 14.9 Å². The van der Waals surface area contributed by atoms with Gasteiger partial charge >= 0.3 is 0 Å². The number of nitro groups is 1. The van der Waals surface area contributed by atoms with Crippen LogP contribution in [0.4, 0.5) is 17.1 Å². The second-order valence-corrected chi connectivity index (χ2v) is 8.32. The van der Waals surface area contributed by atoms with Crippen LogP contribution in [0, 0.1) is 28.0 Å². The van der Waals surface area contributed by atoms with Crippen molar-refractivity contribution in [1.29, 1.82) is 5.26 Å². The number of nitrogens with one attached hydrogen (secondary N) is 1. The average Bonchev–Trinajstić information content (AvgIpc) is 2.75. The summed E-state index contributed by atoms with van der Waals surface area (Å²) in [4.78, 5) is 27.5. The Balaban J connectivity index is 2.17. The standard InChI is InChI=1S/C21H19N5O3S2/c1-24-10-12-31-19-14-18(20(13-17(19)23)30-11-2-9-22)25-21(27)8-5-15-3-6-16(7-4-15)26(28)29/h3-8,13-14H,2,10-12,23H2,(H,25,27)/b8-5+. The topological polar surface area (TPSA) is 126 Å². The number of hydrogen-bond acceptors (Lipinski definition) is 7. The molecule has 0 aliphatic rings. The number of nitrogens with zero attached hydrogens (tertiary/aromatic N) is 3. The molecule has 0 radical (unpaired) electrons. The van der Waals surface area contributed by atoms with Crippen molar-refractivity contribution in [3.05, 3.63) is 69.6 Å². The minimum Gasteiger partial charge on any atom is -0.398 e. The summed E-state index contributed by atoms with van der Waals surface area (Å²) in [5, 5.41) is 22.3. The van der Waals surface area contributed by atoms with E-state index in [1.807, 2.05) is 0 Å². The number of nitriles is 1. The lowest BCUT2D eigenvalue weighted by Gasteiger charge is -2.13. The molecule has 0 spiro atoms. The van der Waals surface area contributed by atoms with Crippen molar-refractivity contribution in [2.45, 2.75) is 16.2 Å². The first-order valence-electron chi connectivity index (χ1n) is 9.07. The van der Waals surface area contributed by atoms with Gasteiger partial charge in [-0.2, -0.15) is 5.26 Å². The number of amides is 1. The molecule has 10 heteroatoms. The van der Waals surface area contributed by atoms with Crippen LogP contribution in [0.3, 0.4) is 0 Å². The third-order valence-electron chi connectivity index (χ3n) is 3.83. The number of anilines is 2. The fourth-order valence-electron chi connectivity index (χ4n) is 2.38. The molecule has 0 unspecified atom stereocenters. The van der Waals surface area contributed by atoms with Gasteiger partial charge in [-0.25, -0.2) is 6.57 Å². The van der Waals surface area contributed by atoms with Gasteiger partial charge in [0.2, 0.25) is 12.5 Å². The molecule has 0 aliphatic heterocycles. The van der Waals surface area contributed by atoms with Gasteiger partial charge in [0.1, 0.15) is 0 Å². The first-order valence-corrected chi connectivity index (χ1v) is 11.0. The highest BCUT2D eigenvalue weighted by molar-refractivity contribution is 8.00. The molecule has 0 fully saturated rings. The molecule has 2 aromatic rings. The lowest BCUT2D eigenvalue weighted by atomic mass is 10.2. The fraction of sp³-hybridized carbons (Fsp3) is 0.190. The maximum atomic E-state index is 12.5. The zero-order valence-corrected chi connectivity index (χ0v) is 18.0. The minimum atomic E-state index is -0.486. The monoisotopic (exact) mass is 453 g/mol. The van der Waals surface area contributed by atoms with Crippen LogP contribution in [0.25, 0.3) is 10.9 Å². The quantitative estimate of drug-likeness (QED) is 0.100. The number of rotatable bonds is 10. The van der Waals surface area contributed by atoms with Gasteiger partial charge in [0.05, 0.1) is 22.4 Å². The smallest absolute Gasteiger partial charge is 0.269 e. The molecule has 0 heterocycles. The van der Waals surface area contributed by atoms with Crippen LogP contribution in [0.5, 0.6) is 0 Å². The molecule has 0 atom stereocenters. The summed E-state index contributed by atoms with van der Waals surface area (Å²) >= 11 is 2.86. The van der Waals surface area contributed by atoms with Gasteiger partial charge < -0.3 is 15.9 Å². The predicted molar refractivity (Wildman–Crippen MR) is 125 cm³/mol. The van der Waals surface area contributed by atoms with E-state index in [4.69, 9.17) is 17.6 Å². The zero-order valence-electron chi connectivity index (χ0n) is 16.4. The molecule has 31 heavy (non-hydrogen) atoms. The Hall–Kier alpha value is -3.47. The molecule has 0 saturated carbocycles. The summed E-state index contributed by atoms with van der Waals surface area (Å²) in [5.74, 6) is 0.770. The number of hydrogen-bond donors (Lipinski definition) is 2. The van der Waals surface area contributed by atoms with Crippen molar-refractivity contribution in [3.63, 3.8) is 0 Å². The SMILES string of the molecule is [C-]#[N+]CCSc1cc(NC(=O)/C=C/c2ccc([N+](=O)[O-])cc2)c(SCCC#N)cc1N. The van der Waals surface area contributed by atoms with Gasteiger partial charge in [0.15, 0.2) is 0 Å². The van der Waals surface area contributed by atoms with E-state index in [0.717, 1.165) is 9.79 Å². The summed E-state index contributed by atoms with van der Waals surface area (Å²) < 4.78 is 0. The second-order valence-electron chi connectivity index (χ2n) is 6.04. The Morgan fingerprint density at radius 3 is 2.61 bits per heavy atom. The van der Waals surface area contributed by atoms with E-state index in [1.54, 1.807) is 30.3 Å². The highest BCUT2D eigenvalue weighted by Gasteiger charge is 2.12. The predicted octanol–water partition coefficient (Wildman–Crippen LogP) is 4.85. The first kappa shape index (κ1) is 23.8. The zero-order chi connectivity index (χ0) is 22.6. The number of nitrogens with two attached hydrogens (primary N) is 1. The van der Waals surface area contributed by atoms with Crippen LogP contribution < -0.4 is 11.1 Å². The molecule has 8 nitrogen and oxygen atoms in total. The number of nitro benzene ring substituents is 1. The van der Waals surface area contributed by atoms with Gasteiger partial charge in [-0.1, -0.05) is 0 Å². The molecule has 2 rings (SSSR count). The molecule has 158 valence electrons. The Kier molecular flexibility index (Phi) is 9.43. The maximum absolute atomic E-state index is 12.5. The van der Waals surface area contributed by atoms with Crippen molar-refractivity contribution >= 4 is 52.6 Å². The van der Waals surface area contributed by atoms with Gasteiger partial charge in [-0.05, 0) is 35.9 Å². The largest absolute Gasteiger partial charge is 0.398 e. The Bertz CT molecular complexity index is 1060. The van der Waals surface area contributed by atoms with E-state index in [0.29, 0.717) is 41.4 Å². The number of nitrogen functional groups attached to an aromatic ring is 1. The normalized spacial score (nSPS) is 10.4. The van der Waals surface area contributed by atoms with Crippen molar-refractivity contribution in [1.82, 2.24) is 0 Å². The van der Waals surface area contributed by atoms with Crippen LogP contribution in [-0.2, 0) is 4.79 Å². The molecule has 0 bridgehead atoms. The highest BCUT2D eigenvalue weighted by Crippen LogP contribution is 2.36. The third kappa shape index (κ3) is 7.70. The second kappa shape index (κ2) is 12.3. The van der Waals surface area contributed by atoms with Crippen molar-refractivity contribution in [3.8, 4) is 6.07 Å². The minimum absolute atomic E-state index is 0.0224.